The number of benzene rings is 1. The van der Waals surface area contributed by atoms with Crippen LogP contribution in [-0.4, -0.2) is 75.9 Å². The number of aliphatic hydroxyl groups is 2. The quantitative estimate of drug-likeness (QED) is 0.423. The van der Waals surface area contributed by atoms with Gasteiger partial charge in [-0.25, -0.2) is 0 Å². The van der Waals surface area contributed by atoms with Crippen LogP contribution in [0, 0.1) is 17.8 Å². The number of allylic oxidation sites excluding steroid dienone is 2. The van der Waals surface area contributed by atoms with Crippen LogP contribution >= 0.6 is 0 Å². The minimum Gasteiger partial charge on any atom is -0.511 e. The van der Waals surface area contributed by atoms with E-state index in [4.69, 9.17) is 10.5 Å². The molecule has 204 valence electrons. The summed E-state index contributed by atoms with van der Waals surface area (Å²) in [6, 6.07) is -0.481. The van der Waals surface area contributed by atoms with Crippen molar-refractivity contribution in [1.29, 1.82) is 0 Å². The molecular formula is C28H35N3O7. The highest BCUT2D eigenvalue weighted by Crippen LogP contribution is 2.53. The number of phenols is 1. The molecule has 4 aliphatic rings. The number of amides is 1. The summed E-state index contributed by atoms with van der Waals surface area (Å²) >= 11 is 0. The van der Waals surface area contributed by atoms with Crippen LogP contribution in [0.5, 0.6) is 11.5 Å². The zero-order valence-corrected chi connectivity index (χ0v) is 22.4. The average molecular weight is 526 g/mol. The van der Waals surface area contributed by atoms with Crippen molar-refractivity contribution in [2.45, 2.75) is 58.3 Å². The standard InChI is InChI=1S/C28H35N3O7/c1-6-11(2)31-9-15-16(10-31)27(38-5)14-8-12-7-13-18(23(33)17(12)24(34)19(14)22(15)32)25(35)20(28(29)37)26(36)21(13)30(3)4/h11-13,18,21,32-33,36H,6-10H2,1-5H3,(H2,29,37)/t11-,12-,13-,18?,21+/m1/s1. The number of primary amides is 1. The minimum atomic E-state index is -1.20. The SMILES string of the molecule is CC[C@@H](C)N1Cc2c(O)c3c(c(OC)c2C1)C[C@H]1C[C@@H]2C(C(=O)C(C(N)=O)=C(O)[C@H]2N(C)C)C(O)=C1C3=O. The Labute approximate surface area is 221 Å². The summed E-state index contributed by atoms with van der Waals surface area (Å²) in [6.45, 7) is 5.28. The van der Waals surface area contributed by atoms with Gasteiger partial charge >= 0.3 is 0 Å². The van der Waals surface area contributed by atoms with Gasteiger partial charge in [-0.05, 0) is 52.1 Å². The highest BCUT2D eigenvalue weighted by molar-refractivity contribution is 6.22. The summed E-state index contributed by atoms with van der Waals surface area (Å²) in [4.78, 5) is 43.3. The van der Waals surface area contributed by atoms with E-state index in [2.05, 4.69) is 18.7 Å². The first-order valence-electron chi connectivity index (χ1n) is 13.0. The summed E-state index contributed by atoms with van der Waals surface area (Å²) < 4.78 is 5.84. The van der Waals surface area contributed by atoms with E-state index < -0.39 is 58.4 Å². The number of fused-ring (bicyclic) bond motifs is 4. The number of hydrogen-bond donors (Lipinski definition) is 4. The molecule has 1 aliphatic heterocycles. The maximum absolute atomic E-state index is 14.0. The van der Waals surface area contributed by atoms with Gasteiger partial charge in [0.25, 0.3) is 5.91 Å². The van der Waals surface area contributed by atoms with Crippen LogP contribution < -0.4 is 10.5 Å². The van der Waals surface area contributed by atoms with Crippen LogP contribution in [0.15, 0.2) is 22.7 Å². The fraction of sp³-hybridized carbons (Fsp3) is 0.536. The lowest BCUT2D eigenvalue weighted by molar-refractivity contribution is -0.127. The van der Waals surface area contributed by atoms with Gasteiger partial charge in [0.1, 0.15) is 28.6 Å². The Morgan fingerprint density at radius 1 is 1.13 bits per heavy atom. The second-order valence-electron chi connectivity index (χ2n) is 11.2. The van der Waals surface area contributed by atoms with Crippen LogP contribution in [-0.2, 0) is 29.1 Å². The number of hydrogen-bond acceptors (Lipinski definition) is 9. The first kappa shape index (κ1) is 26.2. The molecule has 3 aliphatic carbocycles. The molecular weight excluding hydrogens is 490 g/mol. The van der Waals surface area contributed by atoms with Crippen molar-refractivity contribution in [3.05, 3.63) is 44.9 Å². The molecule has 0 saturated carbocycles. The predicted octanol–water partition coefficient (Wildman–Crippen LogP) is 2.13. The van der Waals surface area contributed by atoms with Gasteiger partial charge < -0.3 is 25.8 Å². The van der Waals surface area contributed by atoms with Crippen molar-refractivity contribution in [2.24, 2.45) is 23.5 Å². The number of nitrogens with two attached hydrogens (primary N) is 1. The third-order valence-electron chi connectivity index (χ3n) is 9.04. The number of ether oxygens (including phenoxy) is 1. The third kappa shape index (κ3) is 3.50. The number of phenolic OH excluding ortho intramolecular Hbond substituents is 1. The minimum absolute atomic E-state index is 0.0731. The lowest BCUT2D eigenvalue weighted by atomic mass is 9.60. The van der Waals surface area contributed by atoms with Crippen molar-refractivity contribution in [3.8, 4) is 11.5 Å². The van der Waals surface area contributed by atoms with Gasteiger partial charge in [-0.1, -0.05) is 6.92 Å². The molecule has 5 N–H and O–H groups in total. The molecule has 5 rings (SSSR count). The van der Waals surface area contributed by atoms with Crippen LogP contribution in [0.3, 0.4) is 0 Å². The second kappa shape index (κ2) is 9.13. The molecule has 0 fully saturated rings. The topological polar surface area (TPSA) is 154 Å². The largest absolute Gasteiger partial charge is 0.511 e. The fourth-order valence-electron chi connectivity index (χ4n) is 7.09. The Morgan fingerprint density at radius 3 is 2.37 bits per heavy atom. The maximum atomic E-state index is 14.0. The van der Waals surface area contributed by atoms with E-state index >= 15 is 0 Å². The first-order chi connectivity index (χ1) is 17.9. The molecule has 5 atom stereocenters. The van der Waals surface area contributed by atoms with Gasteiger partial charge in [-0.3, -0.25) is 24.2 Å². The average Bonchev–Trinajstić information content (AvgIpc) is 3.28. The third-order valence-corrected chi connectivity index (χ3v) is 9.04. The number of rotatable bonds is 5. The van der Waals surface area contributed by atoms with Gasteiger partial charge in [0.15, 0.2) is 11.6 Å². The van der Waals surface area contributed by atoms with E-state index in [9.17, 15) is 29.7 Å². The van der Waals surface area contributed by atoms with Crippen LogP contribution in [0.2, 0.25) is 0 Å². The van der Waals surface area contributed by atoms with Crippen LogP contribution in [0.1, 0.15) is 53.7 Å². The van der Waals surface area contributed by atoms with E-state index in [0.29, 0.717) is 42.8 Å². The zero-order chi connectivity index (χ0) is 27.8. The van der Waals surface area contributed by atoms with Crippen molar-refractivity contribution in [2.75, 3.05) is 21.2 Å². The molecule has 1 aromatic carbocycles. The van der Waals surface area contributed by atoms with Gasteiger partial charge in [-0.15, -0.1) is 0 Å². The van der Waals surface area contributed by atoms with Crippen molar-refractivity contribution in [1.82, 2.24) is 9.80 Å². The number of methoxy groups -OCH3 is 1. The number of likely N-dealkylation sites (N-methyl/N-ethyl adjacent to an activating group) is 1. The number of carbonyl (C=O) groups excluding carboxylic acids is 3. The second-order valence-corrected chi connectivity index (χ2v) is 11.2. The van der Waals surface area contributed by atoms with E-state index in [1.807, 2.05) is 0 Å². The molecule has 1 unspecified atom stereocenters. The molecule has 0 spiro atoms. The summed E-state index contributed by atoms with van der Waals surface area (Å²) in [5, 5.41) is 33.7. The summed E-state index contributed by atoms with van der Waals surface area (Å²) in [5.41, 5.74) is 7.17. The van der Waals surface area contributed by atoms with Gasteiger partial charge in [0, 0.05) is 41.4 Å². The smallest absolute Gasteiger partial charge is 0.255 e. The Hall–Kier alpha value is -3.37. The predicted molar refractivity (Wildman–Crippen MR) is 138 cm³/mol. The molecule has 0 aromatic heterocycles. The lowest BCUT2D eigenvalue weighted by Crippen LogP contribution is -2.53. The van der Waals surface area contributed by atoms with Crippen LogP contribution in [0.4, 0.5) is 0 Å². The molecule has 0 bridgehead atoms. The monoisotopic (exact) mass is 525 g/mol. The van der Waals surface area contributed by atoms with Crippen molar-refractivity contribution in [3.63, 3.8) is 0 Å². The summed E-state index contributed by atoms with van der Waals surface area (Å²) in [6.07, 6.45) is 1.55. The van der Waals surface area contributed by atoms with E-state index in [1.54, 1.807) is 26.1 Å². The molecule has 1 aromatic rings. The summed E-state index contributed by atoms with van der Waals surface area (Å²) in [7, 11) is 4.97. The number of aliphatic hydroxyl groups excluding tert-OH is 2. The van der Waals surface area contributed by atoms with Crippen LogP contribution in [0.25, 0.3) is 0 Å². The highest BCUT2D eigenvalue weighted by atomic mass is 16.5. The number of Topliss-reactive ketones (excluding diaryl/α,β-unsaturated/α-hetero) is 2. The van der Waals surface area contributed by atoms with E-state index in [1.165, 1.54) is 0 Å². The zero-order valence-electron chi connectivity index (χ0n) is 22.4. The van der Waals surface area contributed by atoms with Gasteiger partial charge in [-0.2, -0.15) is 0 Å². The lowest BCUT2D eigenvalue weighted by Gasteiger charge is -2.46. The number of nitrogens with zero attached hydrogens (tertiary/aromatic N) is 2. The molecule has 38 heavy (non-hydrogen) atoms. The summed E-state index contributed by atoms with van der Waals surface area (Å²) in [5.74, 6) is -5.01. The molecule has 1 amide bonds. The number of aromatic hydroxyl groups is 1. The highest BCUT2D eigenvalue weighted by Gasteiger charge is 2.55. The maximum Gasteiger partial charge on any atom is 0.255 e. The van der Waals surface area contributed by atoms with E-state index in [0.717, 1.165) is 12.0 Å². The normalized spacial score (nSPS) is 27.7. The molecule has 0 saturated heterocycles. The Balaban J connectivity index is 1.66. The Morgan fingerprint density at radius 2 is 1.79 bits per heavy atom. The Kier molecular flexibility index (Phi) is 6.30. The molecule has 0 radical (unpaired) electrons. The van der Waals surface area contributed by atoms with Gasteiger partial charge in [0.05, 0.1) is 24.6 Å². The van der Waals surface area contributed by atoms with E-state index in [-0.39, 0.29) is 22.9 Å². The van der Waals surface area contributed by atoms with Crippen molar-refractivity contribution >= 4 is 17.5 Å². The molecule has 10 nitrogen and oxygen atoms in total. The van der Waals surface area contributed by atoms with Gasteiger partial charge in [0.2, 0.25) is 0 Å². The molecule has 1 heterocycles. The van der Waals surface area contributed by atoms with Crippen molar-refractivity contribution < 1.29 is 34.4 Å². The first-order valence-corrected chi connectivity index (χ1v) is 13.0. The fourth-order valence-corrected chi connectivity index (χ4v) is 7.09. The molecule has 10 heteroatoms. The number of carbonyl (C=O) groups is 3. The Bertz CT molecular complexity index is 1330. The number of ketones is 2.